The van der Waals surface area contributed by atoms with Gasteiger partial charge in [0.2, 0.25) is 5.91 Å². The molecule has 8 heteroatoms. The summed E-state index contributed by atoms with van der Waals surface area (Å²) in [5.74, 6) is -0.398. The zero-order chi connectivity index (χ0) is 17.6. The van der Waals surface area contributed by atoms with E-state index in [0.717, 1.165) is 10.5 Å². The maximum atomic E-state index is 12.1. The number of benzene rings is 2. The molecule has 2 rings (SSSR count). The van der Waals surface area contributed by atoms with Gasteiger partial charge in [-0.05, 0) is 37.3 Å². The number of sulfonamides is 1. The van der Waals surface area contributed by atoms with Crippen LogP contribution in [-0.4, -0.2) is 20.1 Å². The molecule has 0 spiro atoms. The van der Waals surface area contributed by atoms with E-state index in [0.29, 0.717) is 0 Å². The van der Waals surface area contributed by atoms with Crippen molar-refractivity contribution in [1.29, 1.82) is 5.26 Å². The highest BCUT2D eigenvalue weighted by Crippen LogP contribution is 2.17. The molecule has 0 heterocycles. The molecule has 0 unspecified atom stereocenters. The third-order valence-corrected chi connectivity index (χ3v) is 5.25. The molecule has 0 aliphatic heterocycles. The molecule has 0 fully saturated rings. The number of carbonyl (C=O) groups excluding carboxylic acids is 1. The van der Waals surface area contributed by atoms with Gasteiger partial charge in [0.25, 0.3) is 10.0 Å². The highest BCUT2D eigenvalue weighted by Gasteiger charge is 2.15. The Morgan fingerprint density at radius 2 is 1.92 bits per heavy atom. The molecule has 2 aromatic carbocycles. The molecule has 24 heavy (non-hydrogen) atoms. The Morgan fingerprint density at radius 1 is 1.21 bits per heavy atom. The van der Waals surface area contributed by atoms with Crippen molar-refractivity contribution in [2.24, 2.45) is 0 Å². The minimum absolute atomic E-state index is 0.0732. The topological polar surface area (TPSA) is 99.1 Å². The molecule has 0 aliphatic carbocycles. The van der Waals surface area contributed by atoms with Crippen molar-refractivity contribution in [3.05, 3.63) is 59.7 Å². The highest BCUT2D eigenvalue weighted by atomic mass is 32.2. The Morgan fingerprint density at radius 3 is 2.58 bits per heavy atom. The SMILES string of the molecule is Cc1ccc(SCC(=O)NNS(=O)(=O)c2cccc(C#N)c2)cc1. The van der Waals surface area contributed by atoms with Gasteiger partial charge in [-0.3, -0.25) is 10.2 Å². The first-order chi connectivity index (χ1) is 11.4. The predicted octanol–water partition coefficient (Wildman–Crippen LogP) is 1.97. The first kappa shape index (κ1) is 18.0. The van der Waals surface area contributed by atoms with Crippen molar-refractivity contribution >= 4 is 27.7 Å². The molecular weight excluding hydrogens is 346 g/mol. The lowest BCUT2D eigenvalue weighted by atomic mass is 10.2. The molecule has 2 N–H and O–H groups in total. The van der Waals surface area contributed by atoms with Gasteiger partial charge in [-0.15, -0.1) is 16.6 Å². The third-order valence-electron chi connectivity index (χ3n) is 2.99. The van der Waals surface area contributed by atoms with Gasteiger partial charge in [0.05, 0.1) is 22.3 Å². The number of carbonyl (C=O) groups is 1. The van der Waals surface area contributed by atoms with E-state index >= 15 is 0 Å². The molecule has 1 amide bonds. The number of nitriles is 1. The molecule has 0 aliphatic rings. The van der Waals surface area contributed by atoms with E-state index in [1.807, 2.05) is 42.1 Å². The van der Waals surface area contributed by atoms with Gasteiger partial charge in [0, 0.05) is 4.90 Å². The summed E-state index contributed by atoms with van der Waals surface area (Å²) in [5.41, 5.74) is 3.50. The standard InChI is InChI=1S/C16H15N3O3S2/c1-12-5-7-14(8-6-12)23-11-16(20)18-19-24(21,22)15-4-2-3-13(9-15)10-17/h2-9,19H,11H2,1H3,(H,18,20). The van der Waals surface area contributed by atoms with Crippen molar-refractivity contribution in [2.45, 2.75) is 16.7 Å². The average Bonchev–Trinajstić information content (AvgIpc) is 2.59. The summed E-state index contributed by atoms with van der Waals surface area (Å²) in [6.45, 7) is 1.97. The normalized spacial score (nSPS) is 10.8. The van der Waals surface area contributed by atoms with Crippen LogP contribution in [0.15, 0.2) is 58.3 Å². The third kappa shape index (κ3) is 5.09. The minimum atomic E-state index is -3.92. The maximum Gasteiger partial charge on any atom is 0.257 e. The number of hydrogen-bond acceptors (Lipinski definition) is 5. The zero-order valence-electron chi connectivity index (χ0n) is 12.8. The van der Waals surface area contributed by atoms with Crippen molar-refractivity contribution in [1.82, 2.24) is 10.3 Å². The Kier molecular flexibility index (Phi) is 5.98. The minimum Gasteiger partial charge on any atom is -0.277 e. The van der Waals surface area contributed by atoms with Crippen LogP contribution < -0.4 is 10.3 Å². The lowest BCUT2D eigenvalue weighted by Gasteiger charge is -2.08. The fraction of sp³-hybridized carbons (Fsp3) is 0.125. The van der Waals surface area contributed by atoms with Gasteiger partial charge in [-0.1, -0.05) is 23.8 Å². The van der Waals surface area contributed by atoms with Gasteiger partial charge in [-0.2, -0.15) is 5.26 Å². The molecule has 0 atom stereocenters. The van der Waals surface area contributed by atoms with Crippen LogP contribution in [0.2, 0.25) is 0 Å². The number of nitrogens with one attached hydrogen (secondary N) is 2. The molecule has 124 valence electrons. The van der Waals surface area contributed by atoms with Gasteiger partial charge >= 0.3 is 0 Å². The second-order valence-corrected chi connectivity index (χ2v) is 7.63. The van der Waals surface area contributed by atoms with Gasteiger partial charge < -0.3 is 0 Å². The summed E-state index contributed by atoms with van der Waals surface area (Å²) in [6, 6.07) is 15.1. The van der Waals surface area contributed by atoms with E-state index in [4.69, 9.17) is 5.26 Å². The van der Waals surface area contributed by atoms with Crippen molar-refractivity contribution in [3.63, 3.8) is 0 Å². The summed E-state index contributed by atoms with van der Waals surface area (Å²) >= 11 is 1.30. The summed E-state index contributed by atoms with van der Waals surface area (Å²) in [6.07, 6.45) is 0. The number of nitrogens with zero attached hydrogens (tertiary/aromatic N) is 1. The van der Waals surface area contributed by atoms with E-state index < -0.39 is 15.9 Å². The second-order valence-electron chi connectivity index (χ2n) is 4.90. The van der Waals surface area contributed by atoms with E-state index in [2.05, 4.69) is 5.43 Å². The summed E-state index contributed by atoms with van der Waals surface area (Å²) in [7, 11) is -3.92. The zero-order valence-corrected chi connectivity index (χ0v) is 14.4. The Labute approximate surface area is 144 Å². The molecule has 6 nitrogen and oxygen atoms in total. The summed E-state index contributed by atoms with van der Waals surface area (Å²) in [4.78, 5) is 14.6. The van der Waals surface area contributed by atoms with Crippen LogP contribution in [-0.2, 0) is 14.8 Å². The molecule has 0 aromatic heterocycles. The molecule has 0 saturated carbocycles. The van der Waals surface area contributed by atoms with E-state index in [-0.39, 0.29) is 16.2 Å². The number of aryl methyl sites for hydroxylation is 1. The van der Waals surface area contributed by atoms with Gasteiger partial charge in [0.1, 0.15) is 0 Å². The fourth-order valence-electron chi connectivity index (χ4n) is 1.74. The van der Waals surface area contributed by atoms with Crippen LogP contribution in [0.1, 0.15) is 11.1 Å². The predicted molar refractivity (Wildman–Crippen MR) is 91.5 cm³/mol. The molecule has 0 saturated heterocycles. The van der Waals surface area contributed by atoms with E-state index in [9.17, 15) is 13.2 Å². The second kappa shape index (κ2) is 7.97. The Hall–Kier alpha value is -2.34. The molecule has 0 bridgehead atoms. The molecule has 0 radical (unpaired) electrons. The van der Waals surface area contributed by atoms with Crippen LogP contribution in [0, 0.1) is 18.3 Å². The average molecular weight is 361 g/mol. The van der Waals surface area contributed by atoms with E-state index in [1.165, 1.54) is 36.0 Å². The van der Waals surface area contributed by atoms with E-state index in [1.54, 1.807) is 0 Å². The first-order valence-electron chi connectivity index (χ1n) is 6.91. The largest absolute Gasteiger partial charge is 0.277 e. The molecular formula is C16H15N3O3S2. The van der Waals surface area contributed by atoms with Gasteiger partial charge in [0.15, 0.2) is 0 Å². The van der Waals surface area contributed by atoms with Crippen LogP contribution in [0.5, 0.6) is 0 Å². The fourth-order valence-corrected chi connectivity index (χ4v) is 3.34. The Bertz CT molecular complexity index is 872. The van der Waals surface area contributed by atoms with Crippen LogP contribution in [0.4, 0.5) is 0 Å². The lowest BCUT2D eigenvalue weighted by Crippen LogP contribution is -2.42. The van der Waals surface area contributed by atoms with Gasteiger partial charge in [-0.25, -0.2) is 8.42 Å². The Balaban J connectivity index is 1.90. The number of amides is 1. The summed E-state index contributed by atoms with van der Waals surface area (Å²) < 4.78 is 24.1. The summed E-state index contributed by atoms with van der Waals surface area (Å²) in [5, 5.41) is 8.80. The highest BCUT2D eigenvalue weighted by molar-refractivity contribution is 8.00. The van der Waals surface area contributed by atoms with Crippen LogP contribution in [0.3, 0.4) is 0 Å². The van der Waals surface area contributed by atoms with Crippen LogP contribution in [0.25, 0.3) is 0 Å². The number of rotatable bonds is 6. The van der Waals surface area contributed by atoms with Crippen molar-refractivity contribution in [3.8, 4) is 6.07 Å². The lowest BCUT2D eigenvalue weighted by molar-refractivity contribution is -0.119. The monoisotopic (exact) mass is 361 g/mol. The smallest absolute Gasteiger partial charge is 0.257 e. The first-order valence-corrected chi connectivity index (χ1v) is 9.38. The number of hydrogen-bond donors (Lipinski definition) is 2. The van der Waals surface area contributed by atoms with Crippen molar-refractivity contribution < 1.29 is 13.2 Å². The van der Waals surface area contributed by atoms with Crippen molar-refractivity contribution in [2.75, 3.05) is 5.75 Å². The molecule has 2 aromatic rings. The van der Waals surface area contributed by atoms with Crippen LogP contribution >= 0.6 is 11.8 Å². The number of thioether (sulfide) groups is 1. The quantitative estimate of drug-likeness (QED) is 0.605. The number of hydrazine groups is 1. The maximum absolute atomic E-state index is 12.1.